The van der Waals surface area contributed by atoms with E-state index in [2.05, 4.69) is 61.5 Å². The van der Waals surface area contributed by atoms with Gasteiger partial charge in [-0.2, -0.15) is 0 Å². The molecule has 0 radical (unpaired) electrons. The number of imidazole rings is 1. The number of rotatable bonds is 5. The van der Waals surface area contributed by atoms with Crippen molar-refractivity contribution in [3.63, 3.8) is 0 Å². The van der Waals surface area contributed by atoms with E-state index in [0.717, 1.165) is 6.42 Å². The van der Waals surface area contributed by atoms with E-state index < -0.39 is 0 Å². The summed E-state index contributed by atoms with van der Waals surface area (Å²) >= 11 is 0. The molecular formula is C21H32N2O. The van der Waals surface area contributed by atoms with Crippen molar-refractivity contribution in [3.05, 3.63) is 42.4 Å². The maximum atomic E-state index is 10.9. The number of aliphatic hydroxyl groups is 1. The van der Waals surface area contributed by atoms with Crippen molar-refractivity contribution < 1.29 is 5.11 Å². The van der Waals surface area contributed by atoms with Gasteiger partial charge in [-0.15, -0.1) is 0 Å². The van der Waals surface area contributed by atoms with Gasteiger partial charge in [0.15, 0.2) is 0 Å². The SMILES string of the molecule is CC.CC(C)CC(C(O)C(C)C)[C@H]1c2ccccc2-c2cncn21. The molecule has 1 aliphatic heterocycles. The van der Waals surface area contributed by atoms with Crippen LogP contribution < -0.4 is 0 Å². The Morgan fingerprint density at radius 3 is 2.42 bits per heavy atom. The highest BCUT2D eigenvalue weighted by molar-refractivity contribution is 5.69. The molecule has 2 unspecified atom stereocenters. The number of aromatic nitrogens is 2. The van der Waals surface area contributed by atoms with Crippen LogP contribution >= 0.6 is 0 Å². The van der Waals surface area contributed by atoms with Crippen LogP contribution in [0.25, 0.3) is 11.3 Å². The lowest BCUT2D eigenvalue weighted by Gasteiger charge is -2.33. The number of benzene rings is 1. The molecule has 1 aromatic heterocycles. The van der Waals surface area contributed by atoms with Gasteiger partial charge in [0.25, 0.3) is 0 Å². The molecule has 0 bridgehead atoms. The van der Waals surface area contributed by atoms with Crippen molar-refractivity contribution in [1.29, 1.82) is 0 Å². The highest BCUT2D eigenvalue weighted by atomic mass is 16.3. The Balaban J connectivity index is 0.00000100. The van der Waals surface area contributed by atoms with Crippen molar-refractivity contribution >= 4 is 0 Å². The minimum atomic E-state index is -0.311. The number of fused-ring (bicyclic) bond motifs is 3. The van der Waals surface area contributed by atoms with Crippen LogP contribution in [-0.2, 0) is 0 Å². The molecule has 0 fully saturated rings. The van der Waals surface area contributed by atoms with Crippen LogP contribution in [0, 0.1) is 17.8 Å². The van der Waals surface area contributed by atoms with Gasteiger partial charge >= 0.3 is 0 Å². The van der Waals surface area contributed by atoms with Gasteiger partial charge in [-0.1, -0.05) is 65.8 Å². The van der Waals surface area contributed by atoms with Gasteiger partial charge in [0.1, 0.15) is 0 Å². The molecule has 0 aliphatic carbocycles. The normalized spacial score (nSPS) is 18.0. The van der Waals surface area contributed by atoms with Crippen molar-refractivity contribution in [2.75, 3.05) is 0 Å². The summed E-state index contributed by atoms with van der Waals surface area (Å²) in [5.74, 6) is 1.01. The third kappa shape index (κ3) is 3.41. The van der Waals surface area contributed by atoms with Crippen LogP contribution in [0.15, 0.2) is 36.8 Å². The predicted octanol–water partition coefficient (Wildman–Crippen LogP) is 5.16. The summed E-state index contributed by atoms with van der Waals surface area (Å²) in [4.78, 5) is 4.34. The molecule has 2 heterocycles. The Labute approximate surface area is 146 Å². The number of nitrogens with zero attached hydrogens (tertiary/aromatic N) is 2. The average Bonchev–Trinajstić information content (AvgIpc) is 3.14. The van der Waals surface area contributed by atoms with Crippen LogP contribution in [0.3, 0.4) is 0 Å². The third-order valence-electron chi connectivity index (χ3n) is 4.79. The highest BCUT2D eigenvalue weighted by Crippen LogP contribution is 2.46. The zero-order chi connectivity index (χ0) is 17.9. The maximum absolute atomic E-state index is 10.9. The number of hydrogen-bond donors (Lipinski definition) is 1. The van der Waals surface area contributed by atoms with Crippen LogP contribution in [0.2, 0.25) is 0 Å². The summed E-state index contributed by atoms with van der Waals surface area (Å²) < 4.78 is 2.25. The second kappa shape index (κ2) is 7.98. The lowest BCUT2D eigenvalue weighted by atomic mass is 9.79. The highest BCUT2D eigenvalue weighted by Gasteiger charge is 2.38. The van der Waals surface area contributed by atoms with E-state index in [1.54, 1.807) is 0 Å². The lowest BCUT2D eigenvalue weighted by molar-refractivity contribution is 0.0364. The minimum Gasteiger partial charge on any atom is -0.392 e. The van der Waals surface area contributed by atoms with E-state index in [4.69, 9.17) is 0 Å². The van der Waals surface area contributed by atoms with Crippen molar-refractivity contribution in [1.82, 2.24) is 9.55 Å². The average molecular weight is 329 g/mol. The first-order valence-corrected chi connectivity index (χ1v) is 9.30. The Morgan fingerprint density at radius 1 is 1.12 bits per heavy atom. The summed E-state index contributed by atoms with van der Waals surface area (Å²) in [6.07, 6.45) is 4.55. The number of hydrogen-bond acceptors (Lipinski definition) is 2. The van der Waals surface area contributed by atoms with Crippen LogP contribution in [0.5, 0.6) is 0 Å². The predicted molar refractivity (Wildman–Crippen MR) is 101 cm³/mol. The zero-order valence-electron chi connectivity index (χ0n) is 15.9. The van der Waals surface area contributed by atoms with Crippen LogP contribution in [0.1, 0.15) is 59.6 Å². The Kier molecular flexibility index (Phi) is 6.22. The summed E-state index contributed by atoms with van der Waals surface area (Å²) in [5.41, 5.74) is 3.75. The maximum Gasteiger partial charge on any atom is 0.0956 e. The van der Waals surface area contributed by atoms with Gasteiger partial charge in [-0.25, -0.2) is 4.98 Å². The van der Waals surface area contributed by atoms with Crippen molar-refractivity contribution in [3.8, 4) is 11.3 Å². The molecule has 3 nitrogen and oxygen atoms in total. The summed E-state index contributed by atoms with van der Waals surface area (Å²) in [6, 6.07) is 8.73. The fraction of sp³-hybridized carbons (Fsp3) is 0.571. The largest absolute Gasteiger partial charge is 0.392 e. The first-order valence-electron chi connectivity index (χ1n) is 9.30. The molecule has 132 valence electrons. The fourth-order valence-corrected chi connectivity index (χ4v) is 3.80. The number of aliphatic hydroxyl groups excluding tert-OH is 1. The van der Waals surface area contributed by atoms with Gasteiger partial charge in [-0.3, -0.25) is 0 Å². The Morgan fingerprint density at radius 2 is 1.79 bits per heavy atom. The monoisotopic (exact) mass is 328 g/mol. The molecule has 0 saturated heterocycles. The molecular weight excluding hydrogens is 296 g/mol. The molecule has 0 amide bonds. The quantitative estimate of drug-likeness (QED) is 0.823. The van der Waals surface area contributed by atoms with Gasteiger partial charge in [-0.05, 0) is 23.8 Å². The first kappa shape index (κ1) is 18.7. The van der Waals surface area contributed by atoms with Crippen molar-refractivity contribution in [2.24, 2.45) is 17.8 Å². The van der Waals surface area contributed by atoms with E-state index in [-0.39, 0.29) is 24.0 Å². The van der Waals surface area contributed by atoms with E-state index in [1.807, 2.05) is 26.4 Å². The summed E-state index contributed by atoms with van der Waals surface area (Å²) in [6.45, 7) is 12.7. The topological polar surface area (TPSA) is 38.1 Å². The molecule has 1 N–H and O–H groups in total. The zero-order valence-corrected chi connectivity index (χ0v) is 15.9. The molecule has 3 atom stereocenters. The first-order chi connectivity index (χ1) is 11.5. The molecule has 3 rings (SSSR count). The van der Waals surface area contributed by atoms with E-state index in [0.29, 0.717) is 5.92 Å². The van der Waals surface area contributed by atoms with Gasteiger partial charge < -0.3 is 9.67 Å². The van der Waals surface area contributed by atoms with Gasteiger partial charge in [0.05, 0.1) is 30.4 Å². The second-order valence-electron chi connectivity index (χ2n) is 7.25. The minimum absolute atomic E-state index is 0.188. The van der Waals surface area contributed by atoms with Crippen molar-refractivity contribution in [2.45, 2.75) is 60.1 Å². The van der Waals surface area contributed by atoms with E-state index in [9.17, 15) is 5.11 Å². The molecule has 3 heteroatoms. The molecule has 24 heavy (non-hydrogen) atoms. The molecule has 1 aromatic carbocycles. The summed E-state index contributed by atoms with van der Waals surface area (Å²) in [5, 5.41) is 10.9. The van der Waals surface area contributed by atoms with Crippen LogP contribution in [0.4, 0.5) is 0 Å². The fourth-order valence-electron chi connectivity index (χ4n) is 3.80. The molecule has 0 saturated carbocycles. The molecule has 1 aliphatic rings. The Hall–Kier alpha value is -1.61. The molecule has 2 aromatic rings. The van der Waals surface area contributed by atoms with E-state index >= 15 is 0 Å². The smallest absolute Gasteiger partial charge is 0.0956 e. The van der Waals surface area contributed by atoms with E-state index in [1.165, 1.54) is 16.8 Å². The van der Waals surface area contributed by atoms with Gasteiger partial charge in [0.2, 0.25) is 0 Å². The lowest BCUT2D eigenvalue weighted by Crippen LogP contribution is -2.34. The van der Waals surface area contributed by atoms with Gasteiger partial charge in [0, 0.05) is 11.5 Å². The second-order valence-corrected chi connectivity index (χ2v) is 7.25. The standard InChI is InChI=1S/C19H26N2O.C2H6/c1-12(2)9-16(19(22)13(3)4)18-15-8-6-5-7-14(15)17-10-20-11-21(17)18;1-2/h5-8,10-13,16,18-19,22H,9H2,1-4H3;1-2H3/t16?,18-,19?;/m1./s1. The Bertz CT molecular complexity index is 645. The summed E-state index contributed by atoms with van der Waals surface area (Å²) in [7, 11) is 0. The van der Waals surface area contributed by atoms with Crippen LogP contribution in [-0.4, -0.2) is 20.8 Å². The molecule has 0 spiro atoms. The third-order valence-corrected chi connectivity index (χ3v) is 4.79.